The predicted molar refractivity (Wildman–Crippen MR) is 151 cm³/mol. The maximum Gasteiger partial charge on any atom is 0.353 e. The second-order valence-electron chi connectivity index (χ2n) is 9.16. The molecule has 40 heavy (non-hydrogen) atoms. The van der Waals surface area contributed by atoms with Crippen molar-refractivity contribution < 1.29 is 38.3 Å². The number of methoxy groups -OCH3 is 6. The zero-order valence-electron chi connectivity index (χ0n) is 23.3. The van der Waals surface area contributed by atoms with E-state index < -0.39 is 5.97 Å². The fourth-order valence-corrected chi connectivity index (χ4v) is 5.47. The molecular weight excluding hydrogens is 514 g/mol. The van der Waals surface area contributed by atoms with Crippen molar-refractivity contribution in [3.63, 3.8) is 0 Å². The van der Waals surface area contributed by atoms with Gasteiger partial charge in [-0.1, -0.05) is 12.1 Å². The van der Waals surface area contributed by atoms with Gasteiger partial charge < -0.3 is 38.1 Å². The summed E-state index contributed by atoms with van der Waals surface area (Å²) in [5, 5.41) is 10.6. The van der Waals surface area contributed by atoms with Gasteiger partial charge in [-0.25, -0.2) is 4.79 Å². The number of rotatable bonds is 9. The molecule has 9 heteroatoms. The van der Waals surface area contributed by atoms with Crippen LogP contribution in [0.15, 0.2) is 48.5 Å². The van der Waals surface area contributed by atoms with Gasteiger partial charge >= 0.3 is 5.97 Å². The lowest BCUT2D eigenvalue weighted by Crippen LogP contribution is -2.16. The number of nitrogens with zero attached hydrogens (tertiary/aromatic N) is 1. The van der Waals surface area contributed by atoms with Crippen molar-refractivity contribution in [2.45, 2.75) is 13.0 Å². The Balaban J connectivity index is 1.93. The molecule has 1 aliphatic heterocycles. The van der Waals surface area contributed by atoms with Crippen molar-refractivity contribution >= 4 is 5.97 Å². The molecule has 3 aromatic carbocycles. The number of carbonyl (C=O) groups is 1. The van der Waals surface area contributed by atoms with Crippen molar-refractivity contribution in [2.24, 2.45) is 0 Å². The highest BCUT2D eigenvalue weighted by Gasteiger charge is 2.34. The van der Waals surface area contributed by atoms with Gasteiger partial charge in [-0.05, 0) is 59.5 Å². The molecule has 0 bridgehead atoms. The Labute approximate surface area is 232 Å². The maximum absolute atomic E-state index is 13.0. The minimum atomic E-state index is -1.04. The normalized spacial score (nSPS) is 11.8. The lowest BCUT2D eigenvalue weighted by atomic mass is 9.89. The van der Waals surface area contributed by atoms with Gasteiger partial charge in [-0.2, -0.15) is 0 Å². The minimum absolute atomic E-state index is 0.174. The van der Waals surface area contributed by atoms with Crippen molar-refractivity contribution in [2.75, 3.05) is 42.7 Å². The molecule has 9 nitrogen and oxygen atoms in total. The average Bonchev–Trinajstić information content (AvgIpc) is 3.35. The summed E-state index contributed by atoms with van der Waals surface area (Å²) < 4.78 is 35.2. The number of benzene rings is 3. The van der Waals surface area contributed by atoms with E-state index in [2.05, 4.69) is 0 Å². The van der Waals surface area contributed by atoms with E-state index in [1.165, 1.54) is 0 Å². The number of ether oxygens (including phenoxy) is 6. The summed E-state index contributed by atoms with van der Waals surface area (Å²) in [6, 6.07) is 14.9. The lowest BCUT2D eigenvalue weighted by molar-refractivity contribution is 0.0686. The summed E-state index contributed by atoms with van der Waals surface area (Å²) in [4.78, 5) is 13.0. The Bertz CT molecular complexity index is 1600. The standard InChI is InChI=1S/C31H31NO8/c1-35-21-9-7-18(14-23(21)37-3)27-28(19-8-10-22(36-2)24(15-19)38-4)30(31(33)34)32-12-11-17-13-25(39-5)26(40-6)16-20(17)29(27)32/h7-10,13-16H,11-12H2,1-6H3,(H,33,34). The Kier molecular flexibility index (Phi) is 7.21. The number of carboxylic acids is 1. The molecular formula is C31H31NO8. The van der Waals surface area contributed by atoms with E-state index in [9.17, 15) is 9.90 Å². The number of fused-ring (bicyclic) bond motifs is 3. The molecule has 1 N–H and O–H groups in total. The van der Waals surface area contributed by atoms with E-state index in [4.69, 9.17) is 28.4 Å². The number of carboxylic acid groups (broad SMARTS) is 1. The summed E-state index contributed by atoms with van der Waals surface area (Å²) in [5.74, 6) is 2.26. The van der Waals surface area contributed by atoms with Crippen molar-refractivity contribution in [3.05, 3.63) is 59.8 Å². The van der Waals surface area contributed by atoms with E-state index >= 15 is 0 Å². The van der Waals surface area contributed by atoms with E-state index in [0.29, 0.717) is 58.6 Å². The van der Waals surface area contributed by atoms with Crippen LogP contribution in [0, 0.1) is 0 Å². The van der Waals surface area contributed by atoms with Crippen LogP contribution in [0.4, 0.5) is 0 Å². The summed E-state index contributed by atoms with van der Waals surface area (Å²) in [7, 11) is 9.44. The molecule has 0 fully saturated rings. The number of aromatic nitrogens is 1. The van der Waals surface area contributed by atoms with Crippen molar-refractivity contribution in [1.29, 1.82) is 0 Å². The maximum atomic E-state index is 13.0. The molecule has 0 unspecified atom stereocenters. The molecule has 0 atom stereocenters. The molecule has 0 saturated heterocycles. The van der Waals surface area contributed by atoms with Gasteiger partial charge in [0.05, 0.1) is 48.4 Å². The monoisotopic (exact) mass is 545 g/mol. The van der Waals surface area contributed by atoms with E-state index in [1.54, 1.807) is 54.8 Å². The van der Waals surface area contributed by atoms with Crippen LogP contribution in [0.5, 0.6) is 34.5 Å². The Morgan fingerprint density at radius 2 is 1.12 bits per heavy atom. The molecule has 1 aromatic heterocycles. The highest BCUT2D eigenvalue weighted by molar-refractivity contribution is 6.07. The molecule has 0 saturated carbocycles. The van der Waals surface area contributed by atoms with Crippen LogP contribution >= 0.6 is 0 Å². The average molecular weight is 546 g/mol. The molecule has 0 radical (unpaired) electrons. The first kappa shape index (κ1) is 26.8. The first-order valence-corrected chi connectivity index (χ1v) is 12.6. The summed E-state index contributed by atoms with van der Waals surface area (Å²) in [5.41, 5.74) is 5.55. The Morgan fingerprint density at radius 1 is 0.650 bits per heavy atom. The number of aryl methyl sites for hydroxylation is 1. The molecule has 208 valence electrons. The molecule has 0 amide bonds. The van der Waals surface area contributed by atoms with Crippen molar-refractivity contribution in [3.8, 4) is 68.0 Å². The van der Waals surface area contributed by atoms with E-state index in [-0.39, 0.29) is 5.69 Å². The first-order chi connectivity index (χ1) is 19.4. The van der Waals surface area contributed by atoms with Gasteiger partial charge in [0, 0.05) is 23.2 Å². The zero-order valence-corrected chi connectivity index (χ0v) is 23.3. The van der Waals surface area contributed by atoms with Gasteiger partial charge in [-0.15, -0.1) is 0 Å². The third-order valence-electron chi connectivity index (χ3n) is 7.28. The largest absolute Gasteiger partial charge is 0.493 e. The van der Waals surface area contributed by atoms with Crippen LogP contribution in [-0.4, -0.2) is 58.3 Å². The smallest absolute Gasteiger partial charge is 0.353 e. The fraction of sp³-hybridized carbons (Fsp3) is 0.258. The zero-order chi connectivity index (χ0) is 28.6. The molecule has 0 aliphatic carbocycles. The SMILES string of the molecule is COc1ccc(-c2c(-c3ccc(OC)c(OC)c3)c3n(c2C(=O)O)CCc2cc(OC)c(OC)cc2-3)cc1OC. The van der Waals surface area contributed by atoms with Crippen LogP contribution in [0.1, 0.15) is 16.1 Å². The summed E-state index contributed by atoms with van der Waals surface area (Å²) >= 11 is 0. The van der Waals surface area contributed by atoms with Crippen molar-refractivity contribution in [1.82, 2.24) is 4.57 Å². The van der Waals surface area contributed by atoms with Crippen LogP contribution < -0.4 is 28.4 Å². The minimum Gasteiger partial charge on any atom is -0.493 e. The predicted octanol–water partition coefficient (Wildman–Crippen LogP) is 5.80. The fourth-order valence-electron chi connectivity index (χ4n) is 5.47. The van der Waals surface area contributed by atoms with E-state index in [1.807, 2.05) is 41.0 Å². The van der Waals surface area contributed by atoms with Crippen LogP contribution in [0.2, 0.25) is 0 Å². The second kappa shape index (κ2) is 10.8. The third kappa shape index (κ3) is 4.23. The topological polar surface area (TPSA) is 97.6 Å². The van der Waals surface area contributed by atoms with Gasteiger partial charge in [0.1, 0.15) is 5.69 Å². The first-order valence-electron chi connectivity index (χ1n) is 12.6. The van der Waals surface area contributed by atoms with Crippen LogP contribution in [-0.2, 0) is 13.0 Å². The van der Waals surface area contributed by atoms with Gasteiger partial charge in [0.2, 0.25) is 0 Å². The molecule has 2 heterocycles. The number of aromatic carboxylic acids is 1. The molecule has 5 rings (SSSR count). The quantitative estimate of drug-likeness (QED) is 0.282. The summed E-state index contributed by atoms with van der Waals surface area (Å²) in [6.07, 6.45) is 0.619. The Hall–Kier alpha value is -4.79. The van der Waals surface area contributed by atoms with Gasteiger partial charge in [0.15, 0.2) is 34.5 Å². The number of hydrogen-bond donors (Lipinski definition) is 1. The Morgan fingerprint density at radius 3 is 1.62 bits per heavy atom. The van der Waals surface area contributed by atoms with Gasteiger partial charge in [0.25, 0.3) is 0 Å². The van der Waals surface area contributed by atoms with Crippen LogP contribution in [0.25, 0.3) is 33.5 Å². The van der Waals surface area contributed by atoms with Crippen LogP contribution in [0.3, 0.4) is 0 Å². The summed E-state index contributed by atoms with van der Waals surface area (Å²) in [6.45, 7) is 0.465. The second-order valence-corrected chi connectivity index (χ2v) is 9.16. The van der Waals surface area contributed by atoms with E-state index in [0.717, 1.165) is 27.9 Å². The lowest BCUT2D eigenvalue weighted by Gasteiger charge is -2.23. The highest BCUT2D eigenvalue weighted by Crippen LogP contribution is 2.51. The molecule has 4 aromatic rings. The molecule has 1 aliphatic rings. The highest BCUT2D eigenvalue weighted by atomic mass is 16.5. The van der Waals surface area contributed by atoms with Gasteiger partial charge in [-0.3, -0.25) is 0 Å². The molecule has 0 spiro atoms. The number of hydrogen-bond acceptors (Lipinski definition) is 7. The third-order valence-corrected chi connectivity index (χ3v) is 7.28.